The van der Waals surface area contributed by atoms with Crippen molar-refractivity contribution >= 4 is 39.1 Å². The molecule has 2 aromatic rings. The van der Waals surface area contributed by atoms with Gasteiger partial charge in [-0.15, -0.1) is 11.6 Å². The zero-order valence-corrected chi connectivity index (χ0v) is 11.6. The highest BCUT2D eigenvalue weighted by Gasteiger charge is 2.06. The Morgan fingerprint density at radius 3 is 2.88 bits per heavy atom. The highest BCUT2D eigenvalue weighted by Crippen LogP contribution is 2.31. The van der Waals surface area contributed by atoms with E-state index in [1.54, 1.807) is 18.3 Å². The molecule has 0 aliphatic rings. The molecule has 0 aliphatic heterocycles. The molecular weight excluding hydrogens is 327 g/mol. The quantitative estimate of drug-likeness (QED) is 0.780. The molecule has 0 saturated carbocycles. The van der Waals surface area contributed by atoms with E-state index in [2.05, 4.69) is 25.9 Å². The van der Waals surface area contributed by atoms with Crippen molar-refractivity contribution in [1.29, 1.82) is 0 Å². The molecule has 88 valence electrons. The van der Waals surface area contributed by atoms with Crippen LogP contribution in [0.4, 0.5) is 0 Å². The fourth-order valence-electron chi connectivity index (χ4n) is 1.17. The Morgan fingerprint density at radius 2 is 2.12 bits per heavy atom. The number of aromatic nitrogens is 2. The lowest BCUT2D eigenvalue weighted by Crippen LogP contribution is -1.93. The van der Waals surface area contributed by atoms with E-state index in [9.17, 15) is 0 Å². The van der Waals surface area contributed by atoms with Crippen LogP contribution in [0.3, 0.4) is 0 Å². The molecule has 1 aromatic carbocycles. The van der Waals surface area contributed by atoms with E-state index in [4.69, 9.17) is 27.9 Å². The average molecular weight is 334 g/mol. The second kappa shape index (κ2) is 5.67. The SMILES string of the molecule is ClCc1cncc(Oc2cc(Br)ccc2Cl)n1. The molecule has 0 bridgehead atoms. The van der Waals surface area contributed by atoms with Crippen molar-refractivity contribution in [1.82, 2.24) is 9.97 Å². The summed E-state index contributed by atoms with van der Waals surface area (Å²) >= 11 is 15.0. The van der Waals surface area contributed by atoms with E-state index in [1.807, 2.05) is 6.07 Å². The van der Waals surface area contributed by atoms with Crippen LogP contribution in [0.5, 0.6) is 11.6 Å². The van der Waals surface area contributed by atoms with E-state index in [0.717, 1.165) is 4.47 Å². The molecule has 2 rings (SSSR count). The van der Waals surface area contributed by atoms with Gasteiger partial charge < -0.3 is 4.74 Å². The van der Waals surface area contributed by atoms with Gasteiger partial charge in [0.05, 0.1) is 22.8 Å². The maximum atomic E-state index is 6.00. The van der Waals surface area contributed by atoms with E-state index in [0.29, 0.717) is 22.3 Å². The number of nitrogens with zero attached hydrogens (tertiary/aromatic N) is 2. The van der Waals surface area contributed by atoms with Crippen LogP contribution in [0.15, 0.2) is 35.1 Å². The lowest BCUT2D eigenvalue weighted by Gasteiger charge is -2.07. The van der Waals surface area contributed by atoms with Gasteiger partial charge >= 0.3 is 0 Å². The van der Waals surface area contributed by atoms with Crippen LogP contribution in [0.2, 0.25) is 5.02 Å². The highest BCUT2D eigenvalue weighted by atomic mass is 79.9. The third kappa shape index (κ3) is 3.31. The smallest absolute Gasteiger partial charge is 0.238 e. The number of rotatable bonds is 3. The molecule has 3 nitrogen and oxygen atoms in total. The van der Waals surface area contributed by atoms with E-state index in [-0.39, 0.29) is 5.88 Å². The molecule has 0 N–H and O–H groups in total. The monoisotopic (exact) mass is 332 g/mol. The molecule has 0 unspecified atom stereocenters. The van der Waals surface area contributed by atoms with Gasteiger partial charge in [0.15, 0.2) is 0 Å². The topological polar surface area (TPSA) is 35.0 Å². The maximum Gasteiger partial charge on any atom is 0.238 e. The van der Waals surface area contributed by atoms with Crippen LogP contribution < -0.4 is 4.74 Å². The molecule has 0 radical (unpaired) electrons. The van der Waals surface area contributed by atoms with Crippen LogP contribution in [0.25, 0.3) is 0 Å². The lowest BCUT2D eigenvalue weighted by atomic mass is 10.3. The van der Waals surface area contributed by atoms with Crippen molar-refractivity contribution in [3.05, 3.63) is 45.8 Å². The lowest BCUT2D eigenvalue weighted by molar-refractivity contribution is 0.458. The van der Waals surface area contributed by atoms with Crippen LogP contribution in [0.1, 0.15) is 5.69 Å². The fraction of sp³-hybridized carbons (Fsp3) is 0.0909. The minimum atomic E-state index is 0.288. The molecule has 6 heteroatoms. The molecule has 0 atom stereocenters. The van der Waals surface area contributed by atoms with Crippen molar-refractivity contribution < 1.29 is 4.74 Å². The molecule has 1 heterocycles. The number of halogens is 3. The zero-order valence-electron chi connectivity index (χ0n) is 8.53. The first-order chi connectivity index (χ1) is 8.19. The van der Waals surface area contributed by atoms with Crippen LogP contribution in [-0.2, 0) is 5.88 Å². The van der Waals surface area contributed by atoms with Crippen molar-refractivity contribution in [2.45, 2.75) is 5.88 Å². The van der Waals surface area contributed by atoms with Gasteiger partial charge in [0.2, 0.25) is 5.88 Å². The summed E-state index contributed by atoms with van der Waals surface area (Å²) in [6.07, 6.45) is 3.09. The molecule has 0 saturated heterocycles. The first-order valence-electron chi connectivity index (χ1n) is 4.69. The number of benzene rings is 1. The Kier molecular flexibility index (Phi) is 4.20. The molecule has 1 aromatic heterocycles. The highest BCUT2D eigenvalue weighted by molar-refractivity contribution is 9.10. The van der Waals surface area contributed by atoms with E-state index >= 15 is 0 Å². The van der Waals surface area contributed by atoms with Gasteiger partial charge in [-0.3, -0.25) is 4.98 Å². The number of ether oxygens (including phenoxy) is 1. The van der Waals surface area contributed by atoms with Gasteiger partial charge in [0, 0.05) is 10.7 Å². The summed E-state index contributed by atoms with van der Waals surface area (Å²) in [6.45, 7) is 0. The Bertz CT molecular complexity index is 537. The fourth-order valence-corrected chi connectivity index (χ4v) is 1.79. The normalized spacial score (nSPS) is 10.3. The summed E-state index contributed by atoms with van der Waals surface area (Å²) in [6, 6.07) is 5.33. The van der Waals surface area contributed by atoms with Crippen LogP contribution in [-0.4, -0.2) is 9.97 Å². The Balaban J connectivity index is 2.27. The average Bonchev–Trinajstić information content (AvgIpc) is 2.34. The summed E-state index contributed by atoms with van der Waals surface area (Å²) in [5.41, 5.74) is 0.648. The maximum absolute atomic E-state index is 6.00. The predicted octanol–water partition coefficient (Wildman–Crippen LogP) is 4.42. The molecule has 0 amide bonds. The Labute approximate surface area is 117 Å². The minimum Gasteiger partial charge on any atom is -0.436 e. The second-order valence-electron chi connectivity index (χ2n) is 3.16. The van der Waals surface area contributed by atoms with Crippen LogP contribution in [0, 0.1) is 0 Å². The molecule has 0 aliphatic carbocycles. The Morgan fingerprint density at radius 1 is 1.29 bits per heavy atom. The van der Waals surface area contributed by atoms with Gasteiger partial charge in [0.1, 0.15) is 5.75 Å². The molecular formula is C11H7BrCl2N2O. The third-order valence-corrected chi connectivity index (χ3v) is 2.99. The number of hydrogen-bond acceptors (Lipinski definition) is 3. The Hall–Kier alpha value is -0.840. The van der Waals surface area contributed by atoms with Crippen LogP contribution >= 0.6 is 39.1 Å². The largest absolute Gasteiger partial charge is 0.436 e. The van der Waals surface area contributed by atoms with Gasteiger partial charge in [-0.25, -0.2) is 4.98 Å². The van der Waals surface area contributed by atoms with Gasteiger partial charge in [-0.1, -0.05) is 27.5 Å². The first-order valence-corrected chi connectivity index (χ1v) is 6.39. The van der Waals surface area contributed by atoms with E-state index in [1.165, 1.54) is 6.20 Å². The van der Waals surface area contributed by atoms with Gasteiger partial charge in [0.25, 0.3) is 0 Å². The minimum absolute atomic E-state index is 0.288. The van der Waals surface area contributed by atoms with Gasteiger partial charge in [-0.2, -0.15) is 0 Å². The van der Waals surface area contributed by atoms with Crippen molar-refractivity contribution in [3.63, 3.8) is 0 Å². The summed E-state index contributed by atoms with van der Waals surface area (Å²) in [5.74, 6) is 1.17. The zero-order chi connectivity index (χ0) is 12.3. The van der Waals surface area contributed by atoms with Crippen molar-refractivity contribution in [3.8, 4) is 11.6 Å². The summed E-state index contributed by atoms with van der Waals surface area (Å²) in [7, 11) is 0. The predicted molar refractivity (Wildman–Crippen MR) is 70.8 cm³/mol. The second-order valence-corrected chi connectivity index (χ2v) is 4.75. The van der Waals surface area contributed by atoms with E-state index < -0.39 is 0 Å². The molecule has 17 heavy (non-hydrogen) atoms. The summed E-state index contributed by atoms with van der Waals surface area (Å²) < 4.78 is 6.41. The van der Waals surface area contributed by atoms with Crippen molar-refractivity contribution in [2.24, 2.45) is 0 Å². The summed E-state index contributed by atoms with van der Waals surface area (Å²) in [4.78, 5) is 8.14. The standard InChI is InChI=1S/C11H7BrCl2N2O/c12-7-1-2-9(14)10(3-7)17-11-6-15-5-8(4-13)16-11/h1-3,5-6H,4H2. The number of hydrogen-bond donors (Lipinski definition) is 0. The van der Waals surface area contributed by atoms with Gasteiger partial charge in [-0.05, 0) is 18.2 Å². The molecule has 0 fully saturated rings. The number of alkyl halides is 1. The molecule has 0 spiro atoms. The first kappa shape index (κ1) is 12.6. The third-order valence-electron chi connectivity index (χ3n) is 1.91. The van der Waals surface area contributed by atoms with Crippen molar-refractivity contribution in [2.75, 3.05) is 0 Å². The summed E-state index contributed by atoms with van der Waals surface area (Å²) in [5, 5.41) is 0.506.